The van der Waals surface area contributed by atoms with E-state index < -0.39 is 0 Å². The molecule has 0 spiro atoms. The van der Waals surface area contributed by atoms with Gasteiger partial charge < -0.3 is 0 Å². The van der Waals surface area contributed by atoms with Crippen LogP contribution in [0.2, 0.25) is 10.3 Å². The van der Waals surface area contributed by atoms with Gasteiger partial charge in [0.15, 0.2) is 5.82 Å². The van der Waals surface area contributed by atoms with E-state index in [1.807, 2.05) is 26.0 Å². The standard InChI is InChI=1S/C11H9Cl2N3/c1-6-3-8(4-7(2)14-6)11-15-9(12)5-10(13)16-11/h3-5H,1-2H3. The van der Waals surface area contributed by atoms with Crippen molar-refractivity contribution in [3.63, 3.8) is 0 Å². The van der Waals surface area contributed by atoms with Gasteiger partial charge in [-0.3, -0.25) is 4.98 Å². The van der Waals surface area contributed by atoms with E-state index in [-0.39, 0.29) is 0 Å². The van der Waals surface area contributed by atoms with Crippen molar-refractivity contribution >= 4 is 23.2 Å². The molecule has 2 rings (SSSR count). The van der Waals surface area contributed by atoms with Crippen molar-refractivity contribution in [1.82, 2.24) is 15.0 Å². The molecule has 16 heavy (non-hydrogen) atoms. The van der Waals surface area contributed by atoms with Gasteiger partial charge in [-0.1, -0.05) is 23.2 Å². The van der Waals surface area contributed by atoms with E-state index >= 15 is 0 Å². The van der Waals surface area contributed by atoms with E-state index in [9.17, 15) is 0 Å². The van der Waals surface area contributed by atoms with Crippen LogP contribution in [0.25, 0.3) is 11.4 Å². The highest BCUT2D eigenvalue weighted by molar-refractivity contribution is 6.33. The van der Waals surface area contributed by atoms with Crippen LogP contribution < -0.4 is 0 Å². The number of hydrogen-bond donors (Lipinski definition) is 0. The average Bonchev–Trinajstić information content (AvgIpc) is 2.14. The molecule has 2 aromatic heterocycles. The smallest absolute Gasteiger partial charge is 0.162 e. The summed E-state index contributed by atoms with van der Waals surface area (Å²) in [6, 6.07) is 5.30. The van der Waals surface area contributed by atoms with Gasteiger partial charge in [0.05, 0.1) is 0 Å². The molecule has 82 valence electrons. The second kappa shape index (κ2) is 4.36. The predicted octanol–water partition coefficient (Wildman–Crippen LogP) is 3.46. The van der Waals surface area contributed by atoms with Crippen LogP contribution in [0.3, 0.4) is 0 Å². The molecule has 0 N–H and O–H groups in total. The highest BCUT2D eigenvalue weighted by Gasteiger charge is 2.06. The molecule has 0 saturated heterocycles. The number of rotatable bonds is 1. The van der Waals surface area contributed by atoms with Gasteiger partial charge in [-0.15, -0.1) is 0 Å². The summed E-state index contributed by atoms with van der Waals surface area (Å²) < 4.78 is 0. The number of pyridine rings is 1. The molecule has 0 aliphatic carbocycles. The van der Waals surface area contributed by atoms with Crippen molar-refractivity contribution in [2.45, 2.75) is 13.8 Å². The summed E-state index contributed by atoms with van der Waals surface area (Å²) in [5, 5.41) is 0.671. The van der Waals surface area contributed by atoms with Gasteiger partial charge in [-0.2, -0.15) is 0 Å². The molecule has 0 fully saturated rings. The van der Waals surface area contributed by atoms with Crippen molar-refractivity contribution < 1.29 is 0 Å². The van der Waals surface area contributed by atoms with Crippen LogP contribution in [-0.2, 0) is 0 Å². The molecule has 0 saturated carbocycles. The third-order valence-electron chi connectivity index (χ3n) is 2.00. The molecule has 5 heteroatoms. The highest BCUT2D eigenvalue weighted by Crippen LogP contribution is 2.21. The van der Waals surface area contributed by atoms with Crippen molar-refractivity contribution in [2.24, 2.45) is 0 Å². The molecule has 0 atom stereocenters. The molecule has 0 unspecified atom stereocenters. The lowest BCUT2D eigenvalue weighted by molar-refractivity contribution is 1.10. The Morgan fingerprint density at radius 1 is 0.812 bits per heavy atom. The Balaban J connectivity index is 2.57. The summed E-state index contributed by atoms with van der Waals surface area (Å²) in [6.45, 7) is 3.84. The minimum atomic E-state index is 0.335. The van der Waals surface area contributed by atoms with Crippen LogP contribution in [-0.4, -0.2) is 15.0 Å². The van der Waals surface area contributed by atoms with Gasteiger partial charge in [0.1, 0.15) is 10.3 Å². The van der Waals surface area contributed by atoms with Crippen molar-refractivity contribution in [3.8, 4) is 11.4 Å². The van der Waals surface area contributed by atoms with E-state index in [1.54, 1.807) is 0 Å². The summed E-state index contributed by atoms with van der Waals surface area (Å²) in [6.07, 6.45) is 0. The van der Waals surface area contributed by atoms with E-state index in [0.29, 0.717) is 16.1 Å². The summed E-state index contributed by atoms with van der Waals surface area (Å²) in [5.41, 5.74) is 2.69. The van der Waals surface area contributed by atoms with Gasteiger partial charge >= 0.3 is 0 Å². The quantitative estimate of drug-likeness (QED) is 0.731. The zero-order valence-electron chi connectivity index (χ0n) is 8.83. The monoisotopic (exact) mass is 253 g/mol. The van der Waals surface area contributed by atoms with Gasteiger partial charge in [0.2, 0.25) is 0 Å². The summed E-state index contributed by atoms with van der Waals surface area (Å²) in [7, 11) is 0. The molecule has 0 aliphatic heterocycles. The third-order valence-corrected chi connectivity index (χ3v) is 2.39. The van der Waals surface area contributed by atoms with Crippen molar-refractivity contribution in [1.29, 1.82) is 0 Å². The second-order valence-electron chi connectivity index (χ2n) is 3.48. The predicted molar refractivity (Wildman–Crippen MR) is 64.8 cm³/mol. The van der Waals surface area contributed by atoms with Crippen molar-refractivity contribution in [3.05, 3.63) is 39.9 Å². The topological polar surface area (TPSA) is 38.7 Å². The maximum absolute atomic E-state index is 5.83. The Bertz CT molecular complexity index is 451. The number of aryl methyl sites for hydroxylation is 2. The van der Waals surface area contributed by atoms with Crippen LogP contribution in [0, 0.1) is 13.8 Å². The minimum absolute atomic E-state index is 0.335. The first kappa shape index (κ1) is 11.3. The minimum Gasteiger partial charge on any atom is -0.258 e. The van der Waals surface area contributed by atoms with Gasteiger partial charge in [0.25, 0.3) is 0 Å². The third kappa shape index (κ3) is 2.49. The largest absolute Gasteiger partial charge is 0.258 e. The number of halogens is 2. The van der Waals surface area contributed by atoms with Crippen LogP contribution in [0.5, 0.6) is 0 Å². The van der Waals surface area contributed by atoms with E-state index in [2.05, 4.69) is 15.0 Å². The first-order chi connectivity index (χ1) is 7.54. The first-order valence-electron chi connectivity index (χ1n) is 4.70. The Morgan fingerprint density at radius 2 is 1.31 bits per heavy atom. The van der Waals surface area contributed by atoms with E-state index in [1.165, 1.54) is 6.07 Å². The van der Waals surface area contributed by atoms with Crippen LogP contribution in [0.15, 0.2) is 18.2 Å². The maximum atomic E-state index is 5.83. The zero-order chi connectivity index (χ0) is 11.7. The first-order valence-corrected chi connectivity index (χ1v) is 5.46. The number of nitrogens with zero attached hydrogens (tertiary/aromatic N) is 3. The Morgan fingerprint density at radius 3 is 1.81 bits per heavy atom. The van der Waals surface area contributed by atoms with Crippen LogP contribution >= 0.6 is 23.2 Å². The fourth-order valence-corrected chi connectivity index (χ4v) is 1.91. The molecule has 0 radical (unpaired) electrons. The Kier molecular flexibility index (Phi) is 3.08. The molecule has 2 heterocycles. The molecule has 0 aliphatic rings. The molecular weight excluding hydrogens is 245 g/mol. The lowest BCUT2D eigenvalue weighted by Gasteiger charge is -2.04. The van der Waals surface area contributed by atoms with E-state index in [0.717, 1.165) is 17.0 Å². The summed E-state index contributed by atoms with van der Waals surface area (Å²) in [5.74, 6) is 0.520. The molecule has 0 amide bonds. The number of aromatic nitrogens is 3. The van der Waals surface area contributed by atoms with Crippen molar-refractivity contribution in [2.75, 3.05) is 0 Å². The second-order valence-corrected chi connectivity index (χ2v) is 4.25. The fraction of sp³-hybridized carbons (Fsp3) is 0.182. The Hall–Kier alpha value is -1.19. The average molecular weight is 254 g/mol. The SMILES string of the molecule is Cc1cc(-c2nc(Cl)cc(Cl)n2)cc(C)n1. The van der Waals surface area contributed by atoms with Gasteiger partial charge in [-0.25, -0.2) is 9.97 Å². The normalized spacial score (nSPS) is 10.5. The molecular formula is C11H9Cl2N3. The molecule has 3 nitrogen and oxygen atoms in total. The van der Waals surface area contributed by atoms with E-state index in [4.69, 9.17) is 23.2 Å². The lowest BCUT2D eigenvalue weighted by atomic mass is 10.2. The molecule has 0 aromatic carbocycles. The highest BCUT2D eigenvalue weighted by atomic mass is 35.5. The summed E-state index contributed by atoms with van der Waals surface area (Å²) >= 11 is 11.7. The van der Waals surface area contributed by atoms with Gasteiger partial charge in [-0.05, 0) is 26.0 Å². The van der Waals surface area contributed by atoms with Gasteiger partial charge in [0, 0.05) is 23.0 Å². The molecule has 2 aromatic rings. The lowest BCUT2D eigenvalue weighted by Crippen LogP contribution is -1.93. The zero-order valence-corrected chi connectivity index (χ0v) is 10.3. The molecule has 0 bridgehead atoms. The summed E-state index contributed by atoms with van der Waals surface area (Å²) in [4.78, 5) is 12.5. The Labute approximate surface area is 103 Å². The number of hydrogen-bond acceptors (Lipinski definition) is 3. The van der Waals surface area contributed by atoms with Crippen LogP contribution in [0.1, 0.15) is 11.4 Å². The van der Waals surface area contributed by atoms with Crippen LogP contribution in [0.4, 0.5) is 0 Å². The fourth-order valence-electron chi connectivity index (χ4n) is 1.48. The maximum Gasteiger partial charge on any atom is 0.162 e.